The van der Waals surface area contributed by atoms with Crippen LogP contribution in [0.4, 0.5) is 0 Å². The Morgan fingerprint density at radius 1 is 1.10 bits per heavy atom. The fourth-order valence-electron chi connectivity index (χ4n) is 2.53. The van der Waals surface area contributed by atoms with Gasteiger partial charge in [0.25, 0.3) is 0 Å². The molecule has 1 aliphatic rings. The topological polar surface area (TPSA) is 61.2 Å². The first-order chi connectivity index (χ1) is 9.55. The van der Waals surface area contributed by atoms with Crippen LogP contribution in [0.15, 0.2) is 23.1 Å². The fraction of sp³-hybridized carbons (Fsp3) is 0.533. The molecule has 0 aliphatic carbocycles. The Hall–Kier alpha value is -1.38. The van der Waals surface area contributed by atoms with E-state index in [1.165, 1.54) is 6.42 Å². The summed E-state index contributed by atoms with van der Waals surface area (Å²) in [5.41, 5.74) is 1.23. The van der Waals surface area contributed by atoms with Crippen LogP contribution in [0.2, 0.25) is 0 Å². The minimum Gasteiger partial charge on any atom is -0.207 e. The lowest BCUT2D eigenvalue weighted by molar-refractivity contribution is 0.364. The minimum atomic E-state index is -3.43. The quantitative estimate of drug-likeness (QED) is 0.842. The van der Waals surface area contributed by atoms with E-state index in [0.29, 0.717) is 29.1 Å². The maximum Gasteiger partial charge on any atom is 0.243 e. The lowest BCUT2D eigenvalue weighted by Gasteiger charge is -2.24. The first kappa shape index (κ1) is 15.0. The highest BCUT2D eigenvalue weighted by Gasteiger charge is 2.24. The van der Waals surface area contributed by atoms with E-state index in [2.05, 4.69) is 6.07 Å². The van der Waals surface area contributed by atoms with Gasteiger partial charge in [-0.25, -0.2) is 8.42 Å². The molecule has 1 aromatic rings. The maximum absolute atomic E-state index is 12.6. The molecule has 0 saturated carbocycles. The number of benzene rings is 1. The molecule has 2 rings (SSSR count). The molecule has 1 aromatic carbocycles. The molecule has 0 aromatic heterocycles. The van der Waals surface area contributed by atoms with Crippen LogP contribution < -0.4 is 0 Å². The Balaban J connectivity index is 2.29. The zero-order valence-corrected chi connectivity index (χ0v) is 12.6. The second-order valence-corrected chi connectivity index (χ2v) is 7.20. The van der Waals surface area contributed by atoms with Crippen molar-refractivity contribution in [2.75, 3.05) is 13.1 Å². The van der Waals surface area contributed by atoms with Gasteiger partial charge < -0.3 is 0 Å². The molecule has 108 valence electrons. The molecular formula is C15H20N2O2S. The van der Waals surface area contributed by atoms with Gasteiger partial charge in [-0.1, -0.05) is 19.3 Å². The third-order valence-electron chi connectivity index (χ3n) is 3.77. The van der Waals surface area contributed by atoms with Crippen molar-refractivity contribution < 1.29 is 8.42 Å². The zero-order valence-electron chi connectivity index (χ0n) is 11.8. The van der Waals surface area contributed by atoms with Crippen molar-refractivity contribution in [3.63, 3.8) is 0 Å². The average molecular weight is 292 g/mol. The van der Waals surface area contributed by atoms with Crippen LogP contribution in [-0.4, -0.2) is 25.8 Å². The monoisotopic (exact) mass is 292 g/mol. The number of hydrogen-bond acceptors (Lipinski definition) is 3. The van der Waals surface area contributed by atoms with E-state index in [0.717, 1.165) is 25.7 Å². The highest BCUT2D eigenvalue weighted by molar-refractivity contribution is 7.89. The summed E-state index contributed by atoms with van der Waals surface area (Å²) in [6.45, 7) is 2.97. The highest BCUT2D eigenvalue weighted by atomic mass is 32.2. The molecule has 0 amide bonds. The molecule has 5 heteroatoms. The summed E-state index contributed by atoms with van der Waals surface area (Å²) in [7, 11) is -3.43. The number of nitrogens with zero attached hydrogens (tertiary/aromatic N) is 2. The van der Waals surface area contributed by atoms with Crippen molar-refractivity contribution in [2.45, 2.75) is 43.9 Å². The average Bonchev–Trinajstić information content (AvgIpc) is 2.37. The van der Waals surface area contributed by atoms with E-state index in [9.17, 15) is 8.42 Å². The van der Waals surface area contributed by atoms with Gasteiger partial charge in [0.1, 0.15) is 0 Å². The molecule has 4 nitrogen and oxygen atoms in total. The van der Waals surface area contributed by atoms with Gasteiger partial charge in [-0.05, 0) is 43.5 Å². The molecule has 1 saturated heterocycles. The molecular weight excluding hydrogens is 272 g/mol. The fourth-order valence-corrected chi connectivity index (χ4v) is 4.13. The van der Waals surface area contributed by atoms with Crippen LogP contribution in [0.3, 0.4) is 0 Å². The van der Waals surface area contributed by atoms with E-state index in [1.54, 1.807) is 29.4 Å². The van der Waals surface area contributed by atoms with E-state index in [4.69, 9.17) is 5.26 Å². The van der Waals surface area contributed by atoms with Gasteiger partial charge in [0.2, 0.25) is 10.0 Å². The smallest absolute Gasteiger partial charge is 0.207 e. The SMILES string of the molecule is Cc1cc(S(=O)(=O)N2CCCCCCC2)ccc1C#N. The van der Waals surface area contributed by atoms with Crippen molar-refractivity contribution in [3.05, 3.63) is 29.3 Å². The van der Waals surface area contributed by atoms with E-state index in [-0.39, 0.29) is 0 Å². The number of rotatable bonds is 2. The number of sulfonamides is 1. The summed E-state index contributed by atoms with van der Waals surface area (Å²) in [6.07, 6.45) is 5.24. The zero-order chi connectivity index (χ0) is 14.6. The van der Waals surface area contributed by atoms with Crippen molar-refractivity contribution >= 4 is 10.0 Å². The highest BCUT2D eigenvalue weighted by Crippen LogP contribution is 2.22. The van der Waals surface area contributed by atoms with E-state index in [1.807, 2.05) is 0 Å². The first-order valence-corrected chi connectivity index (χ1v) is 8.50. The number of nitriles is 1. The molecule has 0 spiro atoms. The standard InChI is InChI=1S/C15H20N2O2S/c1-13-11-15(8-7-14(13)12-16)20(18,19)17-9-5-3-2-4-6-10-17/h7-8,11H,2-6,9-10H2,1H3. The molecule has 20 heavy (non-hydrogen) atoms. The van der Waals surface area contributed by atoms with Crippen LogP contribution in [0.25, 0.3) is 0 Å². The summed E-state index contributed by atoms with van der Waals surface area (Å²) < 4.78 is 26.9. The van der Waals surface area contributed by atoms with Gasteiger partial charge in [0.15, 0.2) is 0 Å². The van der Waals surface area contributed by atoms with E-state index >= 15 is 0 Å². The Bertz CT molecular complexity index is 609. The van der Waals surface area contributed by atoms with Crippen LogP contribution in [-0.2, 0) is 10.0 Å². The van der Waals surface area contributed by atoms with Crippen LogP contribution >= 0.6 is 0 Å². The van der Waals surface area contributed by atoms with Gasteiger partial charge >= 0.3 is 0 Å². The normalized spacial score (nSPS) is 18.0. The van der Waals surface area contributed by atoms with Gasteiger partial charge in [-0.2, -0.15) is 9.57 Å². The third kappa shape index (κ3) is 3.20. The lowest BCUT2D eigenvalue weighted by atomic mass is 10.1. The Morgan fingerprint density at radius 3 is 2.25 bits per heavy atom. The number of hydrogen-bond donors (Lipinski definition) is 0. The van der Waals surface area contributed by atoms with Crippen LogP contribution in [0.5, 0.6) is 0 Å². The second kappa shape index (κ2) is 6.38. The molecule has 1 fully saturated rings. The predicted octanol–water partition coefficient (Wildman–Crippen LogP) is 2.82. The van der Waals surface area contributed by atoms with Crippen molar-refractivity contribution in [2.24, 2.45) is 0 Å². The summed E-state index contributed by atoms with van der Waals surface area (Å²) in [5, 5.41) is 8.92. The number of aryl methyl sites for hydroxylation is 1. The van der Waals surface area contributed by atoms with Gasteiger partial charge in [-0.15, -0.1) is 0 Å². The molecule has 0 atom stereocenters. The van der Waals surface area contributed by atoms with Gasteiger partial charge in [0, 0.05) is 13.1 Å². The first-order valence-electron chi connectivity index (χ1n) is 7.06. The molecule has 0 radical (unpaired) electrons. The predicted molar refractivity (Wildman–Crippen MR) is 77.7 cm³/mol. The molecule has 1 heterocycles. The summed E-state index contributed by atoms with van der Waals surface area (Å²) in [4.78, 5) is 0.301. The summed E-state index contributed by atoms with van der Waals surface area (Å²) in [5.74, 6) is 0. The summed E-state index contributed by atoms with van der Waals surface area (Å²) in [6, 6.07) is 6.80. The van der Waals surface area contributed by atoms with Crippen molar-refractivity contribution in [1.82, 2.24) is 4.31 Å². The summed E-state index contributed by atoms with van der Waals surface area (Å²) >= 11 is 0. The Labute approximate surface area is 121 Å². The Morgan fingerprint density at radius 2 is 1.70 bits per heavy atom. The van der Waals surface area contributed by atoms with Crippen molar-refractivity contribution in [3.8, 4) is 6.07 Å². The second-order valence-electron chi connectivity index (χ2n) is 5.26. The molecule has 1 aliphatic heterocycles. The molecule has 0 N–H and O–H groups in total. The van der Waals surface area contributed by atoms with Crippen LogP contribution in [0.1, 0.15) is 43.2 Å². The lowest BCUT2D eigenvalue weighted by Crippen LogP contribution is -2.33. The largest absolute Gasteiger partial charge is 0.243 e. The molecule has 0 bridgehead atoms. The van der Waals surface area contributed by atoms with E-state index < -0.39 is 10.0 Å². The van der Waals surface area contributed by atoms with Crippen molar-refractivity contribution in [1.29, 1.82) is 5.26 Å². The van der Waals surface area contributed by atoms with Crippen LogP contribution in [0, 0.1) is 18.3 Å². The molecule has 0 unspecified atom stereocenters. The van der Waals surface area contributed by atoms with Gasteiger partial charge in [0.05, 0.1) is 16.5 Å². The maximum atomic E-state index is 12.6. The third-order valence-corrected chi connectivity index (χ3v) is 5.67. The van der Waals surface area contributed by atoms with Gasteiger partial charge in [-0.3, -0.25) is 0 Å². The Kier molecular flexibility index (Phi) is 4.79. The minimum absolute atomic E-state index is 0.301.